The number of hydrogen-bond acceptors (Lipinski definition) is 5. The fourth-order valence-electron chi connectivity index (χ4n) is 2.05. The molecule has 0 bridgehead atoms. The summed E-state index contributed by atoms with van der Waals surface area (Å²) in [5, 5.41) is 12.3. The van der Waals surface area contributed by atoms with Crippen LogP contribution in [0.2, 0.25) is 0 Å². The van der Waals surface area contributed by atoms with E-state index < -0.39 is 6.09 Å². The molecule has 1 amide bonds. The van der Waals surface area contributed by atoms with E-state index in [1.165, 1.54) is 43.4 Å². The number of nitrogens with zero attached hydrogens (tertiary/aromatic N) is 2. The minimum atomic E-state index is -0.459. The highest BCUT2D eigenvalue weighted by Crippen LogP contribution is 2.35. The highest BCUT2D eigenvalue weighted by molar-refractivity contribution is 7.15. The predicted octanol–water partition coefficient (Wildman–Crippen LogP) is 3.15. The van der Waals surface area contributed by atoms with Crippen molar-refractivity contribution in [2.45, 2.75) is 44.9 Å². The molecule has 5 nitrogen and oxygen atoms in total. The summed E-state index contributed by atoms with van der Waals surface area (Å²) in [4.78, 5) is 11.2. The molecule has 0 unspecified atom stereocenters. The number of amides is 1. The van der Waals surface area contributed by atoms with Gasteiger partial charge in [0.2, 0.25) is 5.13 Å². The maximum absolute atomic E-state index is 11.2. The minimum Gasteiger partial charge on any atom is -0.450 e. The summed E-state index contributed by atoms with van der Waals surface area (Å²) in [6.45, 7) is 2.13. The number of anilines is 1. The topological polar surface area (TPSA) is 64.1 Å². The molecule has 1 heterocycles. The van der Waals surface area contributed by atoms with Gasteiger partial charge in [0.15, 0.2) is 0 Å². The number of carbonyl (C=O) groups is 1. The van der Waals surface area contributed by atoms with Gasteiger partial charge in [-0.1, -0.05) is 30.6 Å². The fraction of sp³-hybridized carbons (Fsp3) is 0.727. The summed E-state index contributed by atoms with van der Waals surface area (Å²) < 4.78 is 4.79. The SMILES string of the molecule is CCOC(=O)Nc1nnc(C2CCCCC2)s1. The summed E-state index contributed by atoms with van der Waals surface area (Å²) in [5.74, 6) is 0.527. The molecule has 0 spiro atoms. The van der Waals surface area contributed by atoms with Gasteiger partial charge in [-0.3, -0.25) is 5.32 Å². The Balaban J connectivity index is 1.93. The molecule has 17 heavy (non-hydrogen) atoms. The van der Waals surface area contributed by atoms with Gasteiger partial charge in [-0.2, -0.15) is 0 Å². The normalized spacial score (nSPS) is 16.8. The van der Waals surface area contributed by atoms with Crippen LogP contribution in [0.25, 0.3) is 0 Å². The van der Waals surface area contributed by atoms with Gasteiger partial charge in [0.1, 0.15) is 5.01 Å². The van der Waals surface area contributed by atoms with Crippen molar-refractivity contribution in [3.63, 3.8) is 0 Å². The Morgan fingerprint density at radius 1 is 1.41 bits per heavy atom. The largest absolute Gasteiger partial charge is 0.450 e. The van der Waals surface area contributed by atoms with Crippen molar-refractivity contribution in [1.82, 2.24) is 10.2 Å². The van der Waals surface area contributed by atoms with E-state index in [2.05, 4.69) is 15.5 Å². The lowest BCUT2D eigenvalue weighted by molar-refractivity contribution is 0.168. The summed E-state index contributed by atoms with van der Waals surface area (Å²) in [6, 6.07) is 0. The van der Waals surface area contributed by atoms with Gasteiger partial charge in [0.25, 0.3) is 0 Å². The Kier molecular flexibility index (Phi) is 4.30. The van der Waals surface area contributed by atoms with Gasteiger partial charge < -0.3 is 4.74 Å². The smallest absolute Gasteiger partial charge is 0.413 e. The second-order valence-corrected chi connectivity index (χ2v) is 5.13. The van der Waals surface area contributed by atoms with Crippen molar-refractivity contribution >= 4 is 22.6 Å². The first-order chi connectivity index (χ1) is 8.29. The third kappa shape index (κ3) is 3.39. The predicted molar refractivity (Wildman–Crippen MR) is 66.4 cm³/mol. The molecule has 1 N–H and O–H groups in total. The van der Waals surface area contributed by atoms with E-state index in [0.717, 1.165) is 5.01 Å². The van der Waals surface area contributed by atoms with Gasteiger partial charge in [-0.05, 0) is 19.8 Å². The van der Waals surface area contributed by atoms with E-state index in [4.69, 9.17) is 4.74 Å². The van der Waals surface area contributed by atoms with E-state index >= 15 is 0 Å². The second kappa shape index (κ2) is 5.95. The van der Waals surface area contributed by atoms with Crippen molar-refractivity contribution in [2.24, 2.45) is 0 Å². The lowest BCUT2D eigenvalue weighted by Gasteiger charge is -2.18. The second-order valence-electron chi connectivity index (χ2n) is 4.13. The van der Waals surface area contributed by atoms with Crippen LogP contribution in [-0.4, -0.2) is 22.9 Å². The van der Waals surface area contributed by atoms with Crippen LogP contribution >= 0.6 is 11.3 Å². The van der Waals surface area contributed by atoms with Crippen LogP contribution in [0, 0.1) is 0 Å². The van der Waals surface area contributed by atoms with Crippen LogP contribution in [0.3, 0.4) is 0 Å². The van der Waals surface area contributed by atoms with E-state index in [-0.39, 0.29) is 0 Å². The van der Waals surface area contributed by atoms with Crippen LogP contribution in [-0.2, 0) is 4.74 Å². The third-order valence-corrected chi connectivity index (χ3v) is 3.88. The first-order valence-corrected chi connectivity index (χ1v) is 6.88. The van der Waals surface area contributed by atoms with Crippen molar-refractivity contribution in [3.8, 4) is 0 Å². The average molecular weight is 255 g/mol. The first-order valence-electron chi connectivity index (χ1n) is 6.06. The Bertz CT molecular complexity index is 375. The maximum atomic E-state index is 11.2. The van der Waals surface area contributed by atoms with Gasteiger partial charge in [-0.25, -0.2) is 4.79 Å². The van der Waals surface area contributed by atoms with Gasteiger partial charge in [-0.15, -0.1) is 10.2 Å². The highest BCUT2D eigenvalue weighted by atomic mass is 32.1. The Labute approximate surface area is 105 Å². The average Bonchev–Trinajstić information content (AvgIpc) is 2.79. The lowest BCUT2D eigenvalue weighted by atomic mass is 9.90. The lowest BCUT2D eigenvalue weighted by Crippen LogP contribution is -2.12. The van der Waals surface area contributed by atoms with Crippen molar-refractivity contribution in [2.75, 3.05) is 11.9 Å². The molecular formula is C11H17N3O2S. The summed E-state index contributed by atoms with van der Waals surface area (Å²) in [7, 11) is 0. The van der Waals surface area contributed by atoms with Gasteiger partial charge >= 0.3 is 6.09 Å². The molecule has 1 aliphatic carbocycles. The quantitative estimate of drug-likeness (QED) is 0.901. The molecule has 1 aliphatic rings. The number of nitrogens with one attached hydrogen (secondary N) is 1. The van der Waals surface area contributed by atoms with E-state index in [1.54, 1.807) is 6.92 Å². The molecule has 0 saturated heterocycles. The van der Waals surface area contributed by atoms with Crippen LogP contribution < -0.4 is 5.32 Å². The molecular weight excluding hydrogens is 238 g/mol. The zero-order chi connectivity index (χ0) is 12.1. The number of rotatable bonds is 3. The summed E-state index contributed by atoms with van der Waals surface area (Å²) in [5.41, 5.74) is 0. The molecule has 0 atom stereocenters. The Morgan fingerprint density at radius 2 is 2.18 bits per heavy atom. The highest BCUT2D eigenvalue weighted by Gasteiger charge is 2.20. The van der Waals surface area contributed by atoms with E-state index in [1.807, 2.05) is 0 Å². The van der Waals surface area contributed by atoms with Gasteiger partial charge in [0, 0.05) is 5.92 Å². The molecule has 1 saturated carbocycles. The minimum absolute atomic E-state index is 0.361. The van der Waals surface area contributed by atoms with E-state index in [9.17, 15) is 4.79 Å². The first kappa shape index (κ1) is 12.3. The molecule has 94 valence electrons. The molecule has 0 radical (unpaired) electrons. The Hall–Kier alpha value is -1.17. The number of carbonyl (C=O) groups excluding carboxylic acids is 1. The Morgan fingerprint density at radius 3 is 2.88 bits per heavy atom. The van der Waals surface area contributed by atoms with E-state index in [0.29, 0.717) is 17.7 Å². The molecule has 2 rings (SSSR count). The molecule has 0 aliphatic heterocycles. The molecule has 1 aromatic rings. The summed E-state index contributed by atoms with van der Waals surface area (Å²) >= 11 is 1.46. The fourth-order valence-corrected chi connectivity index (χ4v) is 2.95. The molecule has 6 heteroatoms. The number of hydrogen-bond donors (Lipinski definition) is 1. The third-order valence-electron chi connectivity index (χ3n) is 2.88. The molecule has 1 aromatic heterocycles. The van der Waals surface area contributed by atoms with Crippen molar-refractivity contribution < 1.29 is 9.53 Å². The van der Waals surface area contributed by atoms with Crippen LogP contribution in [0.5, 0.6) is 0 Å². The number of aromatic nitrogens is 2. The monoisotopic (exact) mass is 255 g/mol. The number of ether oxygens (including phenoxy) is 1. The molecule has 0 aromatic carbocycles. The zero-order valence-electron chi connectivity index (χ0n) is 9.94. The van der Waals surface area contributed by atoms with Crippen molar-refractivity contribution in [3.05, 3.63) is 5.01 Å². The maximum Gasteiger partial charge on any atom is 0.413 e. The van der Waals surface area contributed by atoms with Crippen LogP contribution in [0.15, 0.2) is 0 Å². The summed E-state index contributed by atoms with van der Waals surface area (Å²) in [6.07, 6.45) is 5.78. The molecule has 1 fully saturated rings. The van der Waals surface area contributed by atoms with Gasteiger partial charge in [0.05, 0.1) is 6.61 Å². The van der Waals surface area contributed by atoms with Crippen LogP contribution in [0.1, 0.15) is 50.0 Å². The van der Waals surface area contributed by atoms with Crippen molar-refractivity contribution in [1.29, 1.82) is 0 Å². The standard InChI is InChI=1S/C11H17N3O2S/c1-2-16-11(15)12-10-14-13-9(17-10)8-6-4-3-5-7-8/h8H,2-7H2,1H3,(H,12,14,15). The van der Waals surface area contributed by atoms with Crippen LogP contribution in [0.4, 0.5) is 9.93 Å². The zero-order valence-corrected chi connectivity index (χ0v) is 10.8.